The smallest absolute Gasteiger partial charge is 0.422 e. The van der Waals surface area contributed by atoms with Crippen LogP contribution in [0.15, 0.2) is 12.1 Å². The van der Waals surface area contributed by atoms with Crippen molar-refractivity contribution in [2.45, 2.75) is 16.9 Å². The fraction of sp³-hybridized carbons (Fsp3) is 0.385. The largest absolute Gasteiger partial charge is 0.483 e. The van der Waals surface area contributed by atoms with E-state index in [4.69, 9.17) is 44.3 Å². The number of alkyl halides is 6. The zero-order valence-corrected chi connectivity index (χ0v) is 14.3. The molecule has 24 heavy (non-hydrogen) atoms. The molecule has 0 spiro atoms. The molecular formula is C13H10Cl3F3N2O3. The zero-order chi connectivity index (χ0) is 18.1. The van der Waals surface area contributed by atoms with Gasteiger partial charge in [0.2, 0.25) is 3.79 Å². The van der Waals surface area contributed by atoms with Gasteiger partial charge in [-0.05, 0) is 19.1 Å². The topological polar surface area (TPSA) is 64.2 Å². The molecule has 0 unspecified atom stereocenters. The van der Waals surface area contributed by atoms with E-state index < -0.39 is 22.5 Å². The first-order chi connectivity index (χ1) is 11.0. The van der Waals surface area contributed by atoms with Gasteiger partial charge in [-0.1, -0.05) is 34.8 Å². The molecule has 1 heterocycles. The summed E-state index contributed by atoms with van der Waals surface area (Å²) in [5, 5.41) is 0. The number of hydrogen-bond donors (Lipinski definition) is 1. The molecule has 0 aliphatic heterocycles. The Hall–Kier alpha value is -1.38. The van der Waals surface area contributed by atoms with Crippen molar-refractivity contribution in [3.63, 3.8) is 0 Å². The second kappa shape index (κ2) is 6.85. The molecule has 11 heteroatoms. The number of nitrogens with one attached hydrogen (secondary N) is 1. The monoisotopic (exact) mass is 404 g/mol. The highest BCUT2D eigenvalue weighted by Crippen LogP contribution is 2.38. The summed E-state index contributed by atoms with van der Waals surface area (Å²) in [7, 11) is 0. The molecule has 0 saturated carbocycles. The summed E-state index contributed by atoms with van der Waals surface area (Å²) in [6.45, 7) is -0.0200. The van der Waals surface area contributed by atoms with Crippen LogP contribution in [0.2, 0.25) is 0 Å². The van der Waals surface area contributed by atoms with Crippen LogP contribution in [0.25, 0.3) is 11.0 Å². The molecule has 0 saturated heterocycles. The van der Waals surface area contributed by atoms with Gasteiger partial charge in [0.05, 0.1) is 12.1 Å². The first-order valence-electron chi connectivity index (χ1n) is 6.49. The van der Waals surface area contributed by atoms with Gasteiger partial charge in [-0.3, -0.25) is 0 Å². The molecule has 1 aromatic carbocycles. The van der Waals surface area contributed by atoms with Gasteiger partial charge in [-0.2, -0.15) is 13.2 Å². The third-order valence-corrected chi connectivity index (χ3v) is 3.29. The highest BCUT2D eigenvalue weighted by Gasteiger charge is 2.32. The Morgan fingerprint density at radius 3 is 2.50 bits per heavy atom. The number of fused-ring (bicyclic) bond motifs is 1. The van der Waals surface area contributed by atoms with Crippen molar-refractivity contribution in [3.8, 4) is 5.75 Å². The lowest BCUT2D eigenvalue weighted by molar-refractivity contribution is -0.153. The lowest BCUT2D eigenvalue weighted by Gasteiger charge is -2.12. The van der Waals surface area contributed by atoms with Gasteiger partial charge in [0.15, 0.2) is 12.4 Å². The fourth-order valence-corrected chi connectivity index (χ4v) is 2.14. The molecule has 0 aliphatic carbocycles. The minimum atomic E-state index is -4.57. The SMILES string of the molecule is CCOC(=O)c1c(OCC(F)(F)F)ccc2[nH]c(C(Cl)(Cl)Cl)nc12. The molecule has 2 rings (SSSR count). The van der Waals surface area contributed by atoms with Crippen LogP contribution in [0.5, 0.6) is 5.75 Å². The number of carbonyl (C=O) groups is 1. The molecule has 0 radical (unpaired) electrons. The van der Waals surface area contributed by atoms with E-state index in [2.05, 4.69) is 9.97 Å². The van der Waals surface area contributed by atoms with Crippen LogP contribution >= 0.6 is 34.8 Å². The second-order valence-corrected chi connectivity index (χ2v) is 6.82. The van der Waals surface area contributed by atoms with E-state index >= 15 is 0 Å². The molecule has 0 aliphatic rings. The van der Waals surface area contributed by atoms with Crippen molar-refractivity contribution in [1.29, 1.82) is 0 Å². The maximum absolute atomic E-state index is 12.4. The van der Waals surface area contributed by atoms with Crippen molar-refractivity contribution in [1.82, 2.24) is 9.97 Å². The minimum absolute atomic E-state index is 0.00959. The van der Waals surface area contributed by atoms with Crippen LogP contribution in [0.1, 0.15) is 23.1 Å². The number of carbonyl (C=O) groups excluding carboxylic acids is 1. The Bertz CT molecular complexity index is 756. The number of hydrogen-bond acceptors (Lipinski definition) is 4. The average molecular weight is 406 g/mol. The van der Waals surface area contributed by atoms with Crippen molar-refractivity contribution in [3.05, 3.63) is 23.5 Å². The highest BCUT2D eigenvalue weighted by molar-refractivity contribution is 6.66. The van der Waals surface area contributed by atoms with Crippen molar-refractivity contribution in [2.75, 3.05) is 13.2 Å². The molecule has 132 valence electrons. The Labute approximate surface area is 149 Å². The van der Waals surface area contributed by atoms with Gasteiger partial charge in [0.1, 0.15) is 16.8 Å². The van der Waals surface area contributed by atoms with E-state index in [1.54, 1.807) is 6.92 Å². The lowest BCUT2D eigenvalue weighted by Crippen LogP contribution is -2.20. The van der Waals surface area contributed by atoms with Crippen LogP contribution in [0.3, 0.4) is 0 Å². The van der Waals surface area contributed by atoms with Gasteiger partial charge in [0, 0.05) is 0 Å². The van der Waals surface area contributed by atoms with Crippen LogP contribution in [0.4, 0.5) is 13.2 Å². The van der Waals surface area contributed by atoms with Crippen LogP contribution < -0.4 is 4.74 Å². The number of rotatable bonds is 4. The predicted octanol–water partition coefficient (Wildman–Crippen LogP) is 4.51. The number of H-pyrrole nitrogens is 1. The fourth-order valence-electron chi connectivity index (χ4n) is 1.87. The summed E-state index contributed by atoms with van der Waals surface area (Å²) >= 11 is 17.2. The zero-order valence-electron chi connectivity index (χ0n) is 12.0. The van der Waals surface area contributed by atoms with Gasteiger partial charge in [-0.25, -0.2) is 9.78 Å². The summed E-state index contributed by atoms with van der Waals surface area (Å²) in [5.74, 6) is -1.33. The number of aromatic amines is 1. The minimum Gasteiger partial charge on any atom is -0.483 e. The number of aromatic nitrogens is 2. The van der Waals surface area contributed by atoms with E-state index in [1.165, 1.54) is 12.1 Å². The van der Waals surface area contributed by atoms with Gasteiger partial charge < -0.3 is 14.5 Å². The van der Waals surface area contributed by atoms with Gasteiger partial charge in [0.25, 0.3) is 0 Å². The Kier molecular flexibility index (Phi) is 5.41. The van der Waals surface area contributed by atoms with Crippen molar-refractivity contribution >= 4 is 51.8 Å². The normalized spacial score (nSPS) is 12.5. The van der Waals surface area contributed by atoms with E-state index in [-0.39, 0.29) is 34.8 Å². The summed E-state index contributed by atoms with van der Waals surface area (Å²) in [6, 6.07) is 2.54. The first-order valence-corrected chi connectivity index (χ1v) is 7.63. The molecule has 5 nitrogen and oxygen atoms in total. The third-order valence-electron chi connectivity index (χ3n) is 2.76. The van der Waals surface area contributed by atoms with Gasteiger partial charge >= 0.3 is 12.1 Å². The maximum atomic E-state index is 12.4. The molecule has 2 aromatic rings. The molecule has 1 aromatic heterocycles. The molecule has 0 fully saturated rings. The van der Waals surface area contributed by atoms with E-state index in [0.717, 1.165) is 0 Å². The summed E-state index contributed by atoms with van der Waals surface area (Å²) in [6.07, 6.45) is -4.57. The summed E-state index contributed by atoms with van der Waals surface area (Å²) < 4.78 is 44.8. The number of halogens is 6. The standard InChI is InChI=1S/C13H10Cl3F3N2O3/c1-2-23-10(22)8-7(24-5-12(17,18)19)4-3-6-9(8)21-11(20-6)13(14,15)16/h3-4H,2,5H2,1H3,(H,20,21). The number of ether oxygens (including phenoxy) is 2. The highest BCUT2D eigenvalue weighted by atomic mass is 35.6. The molecule has 0 atom stereocenters. The number of nitrogens with zero attached hydrogens (tertiary/aromatic N) is 1. The molecule has 1 N–H and O–H groups in total. The van der Waals surface area contributed by atoms with Crippen molar-refractivity contribution < 1.29 is 27.4 Å². The number of imidazole rings is 1. The predicted molar refractivity (Wildman–Crippen MR) is 82.8 cm³/mol. The van der Waals surface area contributed by atoms with Gasteiger partial charge in [-0.15, -0.1) is 0 Å². The quantitative estimate of drug-likeness (QED) is 0.600. The van der Waals surface area contributed by atoms with E-state index in [9.17, 15) is 18.0 Å². The third kappa shape index (κ3) is 4.37. The Balaban J connectivity index is 2.56. The molecule has 0 amide bonds. The van der Waals surface area contributed by atoms with Crippen LogP contribution in [-0.4, -0.2) is 35.3 Å². The van der Waals surface area contributed by atoms with Crippen molar-refractivity contribution in [2.24, 2.45) is 0 Å². The number of esters is 1. The lowest BCUT2D eigenvalue weighted by atomic mass is 10.1. The Morgan fingerprint density at radius 1 is 1.29 bits per heavy atom. The maximum Gasteiger partial charge on any atom is 0.422 e. The van der Waals surface area contributed by atoms with Crippen LogP contribution in [-0.2, 0) is 8.53 Å². The second-order valence-electron chi connectivity index (χ2n) is 4.54. The molecular weight excluding hydrogens is 396 g/mol. The first kappa shape index (κ1) is 19.0. The summed E-state index contributed by atoms with van der Waals surface area (Å²) in [5.41, 5.74) is -0.0245. The summed E-state index contributed by atoms with van der Waals surface area (Å²) in [4.78, 5) is 18.8. The van der Waals surface area contributed by atoms with Crippen LogP contribution in [0, 0.1) is 0 Å². The van der Waals surface area contributed by atoms with E-state index in [0.29, 0.717) is 0 Å². The van der Waals surface area contributed by atoms with E-state index in [1.807, 2.05) is 0 Å². The average Bonchev–Trinajstić information content (AvgIpc) is 2.87. The Morgan fingerprint density at radius 2 is 1.96 bits per heavy atom. The number of benzene rings is 1. The molecule has 0 bridgehead atoms.